The van der Waals surface area contributed by atoms with Gasteiger partial charge in [-0.2, -0.15) is 0 Å². The van der Waals surface area contributed by atoms with E-state index in [0.29, 0.717) is 12.0 Å². The molecule has 1 unspecified atom stereocenters. The number of nitrogens with zero attached hydrogens (tertiary/aromatic N) is 1. The summed E-state index contributed by atoms with van der Waals surface area (Å²) in [5, 5.41) is 19.3. The topological polar surface area (TPSA) is 63.4 Å². The lowest BCUT2D eigenvalue weighted by Gasteiger charge is -2.14. The monoisotopic (exact) mass is 233 g/mol. The van der Waals surface area contributed by atoms with Crippen LogP contribution in [0, 0.1) is 10.1 Å². The fourth-order valence-electron chi connectivity index (χ4n) is 1.06. The molecular formula is C7H8BrNO3. The number of rotatable bonds is 2. The van der Waals surface area contributed by atoms with Crippen molar-refractivity contribution >= 4 is 15.9 Å². The first-order valence-electron chi connectivity index (χ1n) is 3.44. The molecule has 1 N–H and O–H groups in total. The van der Waals surface area contributed by atoms with Crippen molar-refractivity contribution in [3.63, 3.8) is 0 Å². The molecule has 66 valence electrons. The summed E-state index contributed by atoms with van der Waals surface area (Å²) in [6.07, 6.45) is 3.64. The Balaban J connectivity index is 2.84. The van der Waals surface area contributed by atoms with Crippen LogP contribution >= 0.6 is 15.9 Å². The van der Waals surface area contributed by atoms with E-state index in [9.17, 15) is 10.1 Å². The Kier molecular flexibility index (Phi) is 2.99. The molecule has 0 saturated heterocycles. The Morgan fingerprint density at radius 2 is 2.42 bits per heavy atom. The summed E-state index contributed by atoms with van der Waals surface area (Å²) in [4.78, 5) is 10.1. The summed E-state index contributed by atoms with van der Waals surface area (Å²) in [5.41, 5.74) is 0.461. The van der Waals surface area contributed by atoms with Crippen LogP contribution < -0.4 is 0 Å². The summed E-state index contributed by atoms with van der Waals surface area (Å²) >= 11 is 3.18. The average Bonchev–Trinajstić information content (AvgIpc) is 2.04. The Bertz CT molecular complexity index is 259. The first-order valence-corrected chi connectivity index (χ1v) is 4.24. The molecule has 0 aromatic rings. The number of hydrogen-bond acceptors (Lipinski definition) is 3. The van der Waals surface area contributed by atoms with Gasteiger partial charge < -0.3 is 5.11 Å². The zero-order valence-corrected chi connectivity index (χ0v) is 7.82. The van der Waals surface area contributed by atoms with Crippen molar-refractivity contribution in [1.29, 1.82) is 0 Å². The number of nitro groups is 1. The fraction of sp³-hybridized carbons (Fsp3) is 0.429. The Labute approximate surface area is 77.9 Å². The van der Waals surface area contributed by atoms with Gasteiger partial charge in [-0.05, 0) is 0 Å². The fourth-order valence-corrected chi connectivity index (χ4v) is 1.50. The highest BCUT2D eigenvalue weighted by molar-refractivity contribution is 9.11. The predicted molar refractivity (Wildman–Crippen MR) is 47.6 cm³/mol. The zero-order valence-electron chi connectivity index (χ0n) is 6.24. The van der Waals surface area contributed by atoms with Crippen LogP contribution in [0.5, 0.6) is 0 Å². The first-order chi connectivity index (χ1) is 5.65. The lowest BCUT2D eigenvalue weighted by Crippen LogP contribution is -2.25. The van der Waals surface area contributed by atoms with E-state index in [4.69, 9.17) is 5.11 Å². The van der Waals surface area contributed by atoms with Gasteiger partial charge in [-0.25, -0.2) is 0 Å². The van der Waals surface area contributed by atoms with E-state index < -0.39 is 6.04 Å². The van der Waals surface area contributed by atoms with Crippen LogP contribution in [0.3, 0.4) is 0 Å². The van der Waals surface area contributed by atoms with Crippen molar-refractivity contribution in [2.24, 2.45) is 0 Å². The molecule has 1 rings (SSSR count). The van der Waals surface area contributed by atoms with Gasteiger partial charge in [0.15, 0.2) is 0 Å². The van der Waals surface area contributed by atoms with Gasteiger partial charge in [0.25, 0.3) is 0 Å². The lowest BCUT2D eigenvalue weighted by molar-refractivity contribution is -0.512. The van der Waals surface area contributed by atoms with Gasteiger partial charge in [0.05, 0.1) is 13.0 Å². The van der Waals surface area contributed by atoms with Gasteiger partial charge in [-0.3, -0.25) is 10.1 Å². The molecule has 0 aromatic carbocycles. The zero-order chi connectivity index (χ0) is 9.14. The summed E-state index contributed by atoms with van der Waals surface area (Å²) in [5.74, 6) is 0. The van der Waals surface area contributed by atoms with Crippen LogP contribution in [0.25, 0.3) is 0 Å². The average molecular weight is 234 g/mol. The minimum Gasteiger partial charge on any atom is -0.392 e. The number of allylic oxidation sites excluding steroid dienone is 2. The molecule has 1 aliphatic rings. The molecule has 0 aliphatic heterocycles. The molecule has 0 amide bonds. The van der Waals surface area contributed by atoms with Gasteiger partial charge in [-0.1, -0.05) is 28.1 Å². The second-order valence-electron chi connectivity index (χ2n) is 2.52. The van der Waals surface area contributed by atoms with Gasteiger partial charge in [0, 0.05) is 15.0 Å². The smallest absolute Gasteiger partial charge is 0.241 e. The SMILES string of the molecule is O=[N+]([O-])C1CC(Br)=CC=C1CO. The van der Waals surface area contributed by atoms with Crippen molar-refractivity contribution in [2.45, 2.75) is 12.5 Å². The molecule has 0 saturated carbocycles. The maximum atomic E-state index is 10.5. The number of aliphatic hydroxyl groups is 1. The van der Waals surface area contributed by atoms with E-state index in [0.717, 1.165) is 4.48 Å². The van der Waals surface area contributed by atoms with Crippen molar-refractivity contribution in [3.05, 3.63) is 32.3 Å². The normalized spacial score (nSPS) is 23.0. The predicted octanol–water partition coefficient (Wildman–Crippen LogP) is 1.23. The van der Waals surface area contributed by atoms with E-state index in [2.05, 4.69) is 15.9 Å². The third kappa shape index (κ3) is 1.92. The summed E-state index contributed by atoms with van der Waals surface area (Å²) in [6.45, 7) is -0.248. The van der Waals surface area contributed by atoms with Crippen molar-refractivity contribution in [1.82, 2.24) is 0 Å². The van der Waals surface area contributed by atoms with E-state index in [1.165, 1.54) is 0 Å². The highest BCUT2D eigenvalue weighted by Gasteiger charge is 2.27. The van der Waals surface area contributed by atoms with Gasteiger partial charge in [-0.15, -0.1) is 0 Å². The third-order valence-corrected chi connectivity index (χ3v) is 2.32. The van der Waals surface area contributed by atoms with Crippen LogP contribution in [0.15, 0.2) is 22.2 Å². The molecule has 0 fully saturated rings. The molecule has 12 heavy (non-hydrogen) atoms. The maximum absolute atomic E-state index is 10.5. The van der Waals surface area contributed by atoms with E-state index in [1.807, 2.05) is 0 Å². The van der Waals surface area contributed by atoms with Gasteiger partial charge in [0.1, 0.15) is 0 Å². The molecule has 0 radical (unpaired) electrons. The third-order valence-electron chi connectivity index (χ3n) is 1.73. The van der Waals surface area contributed by atoms with Crippen LogP contribution in [0.1, 0.15) is 6.42 Å². The second kappa shape index (κ2) is 3.82. The first kappa shape index (κ1) is 9.41. The van der Waals surface area contributed by atoms with Crippen molar-refractivity contribution < 1.29 is 10.0 Å². The minimum atomic E-state index is -0.769. The maximum Gasteiger partial charge on any atom is 0.241 e. The highest BCUT2D eigenvalue weighted by atomic mass is 79.9. The van der Waals surface area contributed by atoms with E-state index >= 15 is 0 Å². The standard InChI is InChI=1S/C7H8BrNO3/c8-6-2-1-5(4-10)7(3-6)9(11)12/h1-2,7,10H,3-4H2. The largest absolute Gasteiger partial charge is 0.392 e. The van der Waals surface area contributed by atoms with Crippen LogP contribution in [-0.4, -0.2) is 22.7 Å². The number of hydrogen-bond donors (Lipinski definition) is 1. The molecular weight excluding hydrogens is 226 g/mol. The van der Waals surface area contributed by atoms with Crippen LogP contribution in [0.2, 0.25) is 0 Å². The van der Waals surface area contributed by atoms with Crippen LogP contribution in [-0.2, 0) is 0 Å². The Morgan fingerprint density at radius 1 is 1.75 bits per heavy atom. The number of aliphatic hydroxyl groups excluding tert-OH is 1. The summed E-state index contributed by atoms with van der Waals surface area (Å²) in [7, 11) is 0. The van der Waals surface area contributed by atoms with Crippen LogP contribution in [0.4, 0.5) is 0 Å². The van der Waals surface area contributed by atoms with E-state index in [1.54, 1.807) is 12.2 Å². The molecule has 0 heterocycles. The highest BCUT2D eigenvalue weighted by Crippen LogP contribution is 2.24. The quantitative estimate of drug-likeness (QED) is 0.577. The summed E-state index contributed by atoms with van der Waals surface area (Å²) < 4.78 is 0.793. The summed E-state index contributed by atoms with van der Waals surface area (Å²) in [6, 6.07) is -0.769. The van der Waals surface area contributed by atoms with E-state index in [-0.39, 0.29) is 11.5 Å². The van der Waals surface area contributed by atoms with Gasteiger partial charge >= 0.3 is 0 Å². The lowest BCUT2D eigenvalue weighted by atomic mass is 10.0. The minimum absolute atomic E-state index is 0.248. The molecule has 5 heteroatoms. The Hall–Kier alpha value is -0.680. The van der Waals surface area contributed by atoms with Crippen molar-refractivity contribution in [3.8, 4) is 0 Å². The molecule has 4 nitrogen and oxygen atoms in total. The van der Waals surface area contributed by atoms with Crippen molar-refractivity contribution in [2.75, 3.05) is 6.61 Å². The molecule has 0 aromatic heterocycles. The van der Waals surface area contributed by atoms with Gasteiger partial charge in [0.2, 0.25) is 6.04 Å². The molecule has 0 spiro atoms. The molecule has 0 bridgehead atoms. The molecule has 1 atom stereocenters. The second-order valence-corrected chi connectivity index (χ2v) is 3.54. The number of halogens is 1. The molecule has 1 aliphatic carbocycles. The Morgan fingerprint density at radius 3 is 2.92 bits per heavy atom.